The Balaban J connectivity index is 1.74. The van der Waals surface area contributed by atoms with Crippen molar-refractivity contribution in [3.05, 3.63) is 64.0 Å². The van der Waals surface area contributed by atoms with Crippen LogP contribution >= 0.6 is 35.6 Å². The number of sulfonamides is 1. The predicted octanol–water partition coefficient (Wildman–Crippen LogP) is 2.90. The molecule has 1 saturated heterocycles. The van der Waals surface area contributed by atoms with Crippen molar-refractivity contribution in [2.45, 2.75) is 4.90 Å². The minimum Gasteiger partial charge on any atom is -0.482 e. The van der Waals surface area contributed by atoms with Crippen molar-refractivity contribution in [2.75, 3.05) is 6.61 Å². The fraction of sp³-hybridized carbons (Fsp3) is 0.0556. The molecule has 2 N–H and O–H groups in total. The molecule has 0 saturated carbocycles. The van der Waals surface area contributed by atoms with Gasteiger partial charge in [-0.05, 0) is 48.0 Å². The number of carboxylic acid groups (broad SMARTS) is 1. The van der Waals surface area contributed by atoms with E-state index in [0.717, 1.165) is 16.8 Å². The van der Waals surface area contributed by atoms with E-state index in [4.69, 9.17) is 33.7 Å². The normalized spacial score (nSPS) is 15.6. The van der Waals surface area contributed by atoms with E-state index < -0.39 is 28.5 Å². The lowest BCUT2D eigenvalue weighted by atomic mass is 10.2. The number of hydrogen-bond donors (Lipinski definition) is 2. The maximum atomic E-state index is 12.6. The molecule has 0 unspecified atom stereocenters. The van der Waals surface area contributed by atoms with E-state index in [1.54, 1.807) is 24.3 Å². The molecule has 1 heterocycles. The molecule has 1 aliphatic rings. The van der Waals surface area contributed by atoms with Gasteiger partial charge in [0.2, 0.25) is 0 Å². The number of hydrazine groups is 1. The van der Waals surface area contributed by atoms with Gasteiger partial charge in [0, 0.05) is 5.02 Å². The van der Waals surface area contributed by atoms with Crippen molar-refractivity contribution >= 4 is 67.9 Å². The fourth-order valence-corrected chi connectivity index (χ4v) is 4.73. The highest BCUT2D eigenvalue weighted by molar-refractivity contribution is 8.26. The van der Waals surface area contributed by atoms with Crippen LogP contribution in [0.15, 0.2) is 58.3 Å². The van der Waals surface area contributed by atoms with Gasteiger partial charge in [-0.3, -0.25) is 4.79 Å². The van der Waals surface area contributed by atoms with Crippen LogP contribution in [0.25, 0.3) is 6.08 Å². The van der Waals surface area contributed by atoms with Crippen LogP contribution in [0.4, 0.5) is 0 Å². The Morgan fingerprint density at radius 2 is 1.83 bits per heavy atom. The highest BCUT2D eigenvalue weighted by Crippen LogP contribution is 2.32. The average Bonchev–Trinajstić information content (AvgIpc) is 2.95. The van der Waals surface area contributed by atoms with Crippen LogP contribution in [-0.2, 0) is 19.6 Å². The Morgan fingerprint density at radius 3 is 2.43 bits per heavy atom. The van der Waals surface area contributed by atoms with Gasteiger partial charge in [-0.15, -0.1) is 4.83 Å². The monoisotopic (exact) mass is 484 g/mol. The molecule has 12 heteroatoms. The molecule has 0 aliphatic carbocycles. The molecule has 1 amide bonds. The van der Waals surface area contributed by atoms with Crippen LogP contribution in [0, 0.1) is 0 Å². The smallest absolute Gasteiger partial charge is 0.341 e. The fourth-order valence-electron chi connectivity index (χ4n) is 2.29. The van der Waals surface area contributed by atoms with E-state index in [2.05, 4.69) is 4.83 Å². The van der Waals surface area contributed by atoms with E-state index in [1.807, 2.05) is 0 Å². The van der Waals surface area contributed by atoms with E-state index in [1.165, 1.54) is 30.3 Å². The summed E-state index contributed by atoms with van der Waals surface area (Å²) < 4.78 is 30.1. The lowest BCUT2D eigenvalue weighted by molar-refractivity contribution is -0.139. The Hall–Kier alpha value is -2.44. The van der Waals surface area contributed by atoms with Crippen LogP contribution in [0.3, 0.4) is 0 Å². The lowest BCUT2D eigenvalue weighted by Gasteiger charge is -2.15. The first-order chi connectivity index (χ1) is 14.2. The lowest BCUT2D eigenvalue weighted by Crippen LogP contribution is -2.44. The number of thiocarbonyl (C=S) groups is 1. The number of amides is 1. The first-order valence-electron chi connectivity index (χ1n) is 8.16. The molecule has 3 rings (SSSR count). The van der Waals surface area contributed by atoms with E-state index >= 15 is 0 Å². The van der Waals surface area contributed by atoms with Crippen molar-refractivity contribution in [2.24, 2.45) is 0 Å². The molecule has 0 spiro atoms. The molecule has 0 atom stereocenters. The van der Waals surface area contributed by atoms with E-state index in [9.17, 15) is 18.0 Å². The maximum Gasteiger partial charge on any atom is 0.341 e. The minimum atomic E-state index is -4.04. The number of carboxylic acids is 1. The second-order valence-electron chi connectivity index (χ2n) is 5.82. The number of carbonyl (C=O) groups excluding carboxylic acids is 1. The van der Waals surface area contributed by atoms with Crippen molar-refractivity contribution in [1.29, 1.82) is 0 Å². The Bertz CT molecular complexity index is 1130. The van der Waals surface area contributed by atoms with E-state index in [-0.39, 0.29) is 14.1 Å². The minimum absolute atomic E-state index is 0.0326. The number of nitrogens with zero attached hydrogens (tertiary/aromatic N) is 1. The summed E-state index contributed by atoms with van der Waals surface area (Å²) in [4.78, 5) is 25.5. The van der Waals surface area contributed by atoms with E-state index in [0.29, 0.717) is 16.3 Å². The van der Waals surface area contributed by atoms with Crippen molar-refractivity contribution in [1.82, 2.24) is 9.84 Å². The SMILES string of the molecule is O=C(O)COc1ccc(/C=C2/SC(=S)N(NS(=O)(=O)c3ccc(Cl)cc3)C2=O)cc1. The summed E-state index contributed by atoms with van der Waals surface area (Å²) >= 11 is 11.8. The molecule has 1 fully saturated rings. The molecular weight excluding hydrogens is 472 g/mol. The third-order valence-corrected chi connectivity index (χ3v) is 6.54. The van der Waals surface area contributed by atoms with Crippen molar-refractivity contribution in [3.8, 4) is 5.75 Å². The molecule has 8 nitrogen and oxygen atoms in total. The quantitative estimate of drug-likeness (QED) is 0.455. The summed E-state index contributed by atoms with van der Waals surface area (Å²) in [5, 5.41) is 9.79. The average molecular weight is 485 g/mol. The summed E-state index contributed by atoms with van der Waals surface area (Å²) in [5.74, 6) is -1.35. The highest BCUT2D eigenvalue weighted by Gasteiger charge is 2.35. The molecule has 1 aliphatic heterocycles. The largest absolute Gasteiger partial charge is 0.482 e. The van der Waals surface area contributed by atoms with Gasteiger partial charge < -0.3 is 9.84 Å². The number of thioether (sulfide) groups is 1. The molecule has 2 aromatic carbocycles. The summed E-state index contributed by atoms with van der Waals surface area (Å²) in [6.45, 7) is -0.467. The van der Waals surface area contributed by atoms with Gasteiger partial charge in [0.05, 0.1) is 9.80 Å². The molecule has 2 aromatic rings. The molecular formula is C18H13ClN2O6S3. The van der Waals surface area contributed by atoms with Crippen LogP contribution in [0.1, 0.15) is 5.56 Å². The van der Waals surface area contributed by atoms with Gasteiger partial charge in [-0.2, -0.15) is 0 Å². The molecule has 0 radical (unpaired) electrons. The van der Waals surface area contributed by atoms with Gasteiger partial charge in [-0.1, -0.05) is 47.7 Å². The van der Waals surface area contributed by atoms with Crippen LogP contribution in [0.5, 0.6) is 5.75 Å². The standard InChI is InChI=1S/C18H13ClN2O6S3/c19-12-3-7-14(8-4-12)30(25,26)20-21-17(24)15(29-18(21)28)9-11-1-5-13(6-2-11)27-10-16(22)23/h1-9,20H,10H2,(H,22,23)/b15-9+. The van der Waals surface area contributed by atoms with Crippen molar-refractivity contribution < 1.29 is 27.9 Å². The number of aliphatic carboxylic acids is 1. The highest BCUT2D eigenvalue weighted by atomic mass is 35.5. The number of halogens is 1. The molecule has 0 bridgehead atoms. The van der Waals surface area contributed by atoms with Gasteiger partial charge in [0.25, 0.3) is 15.9 Å². The maximum absolute atomic E-state index is 12.6. The second-order valence-corrected chi connectivity index (χ2v) is 9.59. The zero-order valence-corrected chi connectivity index (χ0v) is 18.1. The number of nitrogens with one attached hydrogen (secondary N) is 1. The molecule has 0 aromatic heterocycles. The first kappa shape index (κ1) is 22.2. The van der Waals surface area contributed by atoms with Crippen LogP contribution in [-0.4, -0.2) is 41.3 Å². The number of carbonyl (C=O) groups is 2. The summed E-state index contributed by atoms with van der Waals surface area (Å²) in [7, 11) is -4.04. The first-order valence-corrected chi connectivity index (χ1v) is 11.2. The third-order valence-electron chi connectivity index (χ3n) is 3.67. The van der Waals surface area contributed by atoms with Gasteiger partial charge in [0.1, 0.15) is 5.75 Å². The topological polar surface area (TPSA) is 113 Å². The summed E-state index contributed by atoms with van der Waals surface area (Å²) in [6, 6.07) is 11.8. The number of rotatable bonds is 7. The number of benzene rings is 2. The third kappa shape index (κ3) is 5.37. The zero-order chi connectivity index (χ0) is 21.9. The second kappa shape index (κ2) is 9.14. The summed E-state index contributed by atoms with van der Waals surface area (Å²) in [6.07, 6.45) is 1.54. The predicted molar refractivity (Wildman–Crippen MR) is 116 cm³/mol. The van der Waals surface area contributed by atoms with Crippen molar-refractivity contribution in [3.63, 3.8) is 0 Å². The Kier molecular flexibility index (Phi) is 6.78. The zero-order valence-electron chi connectivity index (χ0n) is 14.9. The summed E-state index contributed by atoms with van der Waals surface area (Å²) in [5.41, 5.74) is 0.624. The van der Waals surface area contributed by atoms with Crippen LogP contribution in [0.2, 0.25) is 5.02 Å². The van der Waals surface area contributed by atoms with Gasteiger partial charge >= 0.3 is 5.97 Å². The molecule has 156 valence electrons. The van der Waals surface area contributed by atoms with Gasteiger partial charge in [0.15, 0.2) is 10.9 Å². The number of ether oxygens (including phenoxy) is 1. The Labute approximate surface area is 186 Å². The Morgan fingerprint density at radius 1 is 1.20 bits per heavy atom. The van der Waals surface area contributed by atoms with Gasteiger partial charge in [-0.25, -0.2) is 18.2 Å². The molecule has 30 heavy (non-hydrogen) atoms. The number of hydrogen-bond acceptors (Lipinski definition) is 7. The van der Waals surface area contributed by atoms with Crippen LogP contribution < -0.4 is 9.57 Å².